The van der Waals surface area contributed by atoms with Gasteiger partial charge in [0, 0.05) is 50.3 Å². The number of aryl methyl sites for hydroxylation is 3. The number of carboxylic acids is 1. The minimum atomic E-state index is -0.947. The highest BCUT2D eigenvalue weighted by Crippen LogP contribution is 2.20. The molecule has 0 saturated carbocycles. The summed E-state index contributed by atoms with van der Waals surface area (Å²) in [5.41, 5.74) is 3.83. The summed E-state index contributed by atoms with van der Waals surface area (Å²) in [5, 5.41) is 15.4. The molecular weight excluding hydrogens is 512 g/mol. The maximum Gasteiger partial charge on any atom is 0.326 e. The molecule has 1 atom stereocenters. The largest absolute Gasteiger partial charge is 0.480 e. The second kappa shape index (κ2) is 14.1. The van der Waals surface area contributed by atoms with Crippen molar-refractivity contribution in [2.45, 2.75) is 64.3 Å². The minimum absolute atomic E-state index is 0.0686. The van der Waals surface area contributed by atoms with Gasteiger partial charge in [0.05, 0.1) is 4.47 Å². The van der Waals surface area contributed by atoms with Crippen LogP contribution in [0.25, 0.3) is 0 Å². The van der Waals surface area contributed by atoms with Gasteiger partial charge in [-0.2, -0.15) is 0 Å². The van der Waals surface area contributed by atoms with E-state index in [4.69, 9.17) is 4.98 Å². The Hall–Kier alpha value is -2.59. The summed E-state index contributed by atoms with van der Waals surface area (Å²) < 4.78 is 0.727. The van der Waals surface area contributed by atoms with Gasteiger partial charge in [0.25, 0.3) is 0 Å². The quantitative estimate of drug-likeness (QED) is 0.309. The van der Waals surface area contributed by atoms with Crippen LogP contribution in [-0.2, 0) is 28.9 Å². The summed E-state index contributed by atoms with van der Waals surface area (Å²) in [6.07, 6.45) is 11.2. The summed E-state index contributed by atoms with van der Waals surface area (Å²) in [7, 11) is 0. The van der Waals surface area contributed by atoms with Gasteiger partial charge in [0.15, 0.2) is 0 Å². The lowest BCUT2D eigenvalue weighted by Crippen LogP contribution is -2.39. The molecule has 2 aromatic rings. The lowest BCUT2D eigenvalue weighted by Gasteiger charge is -2.24. The Morgan fingerprint density at radius 3 is 2.63 bits per heavy atom. The van der Waals surface area contributed by atoms with Crippen LogP contribution in [0.5, 0.6) is 0 Å². The number of carbonyl (C=O) groups is 2. The molecule has 9 nitrogen and oxygen atoms in total. The lowest BCUT2D eigenvalue weighted by molar-refractivity contribution is -0.138. The van der Waals surface area contributed by atoms with Crippen molar-refractivity contribution >= 4 is 33.8 Å². The number of hydrogen-bond donors (Lipinski definition) is 3. The Balaban J connectivity index is 1.49. The van der Waals surface area contributed by atoms with Crippen LogP contribution in [0, 0.1) is 0 Å². The fraction of sp³-hybridized carbons (Fsp3) is 0.560. The standard InChI is InChI=1S/C25H35BrN6O3/c1-18(33)27-12-15-32(14-11-23(24(34)35)31-25-28-16-20(26)17-29-25)13-5-4-7-21-10-9-19-6-2-3-8-22(19)30-21/h9-10,16-17,23H,2-8,11-15H2,1H3,(H,27,33)(H,34,35)(H,28,29,31)/t23-/m0/s1. The predicted octanol–water partition coefficient (Wildman–Crippen LogP) is 3.23. The molecule has 10 heteroatoms. The Kier molecular flexibility index (Phi) is 10.9. The highest BCUT2D eigenvalue weighted by atomic mass is 79.9. The molecule has 0 spiro atoms. The van der Waals surface area contributed by atoms with E-state index in [0.29, 0.717) is 26.1 Å². The monoisotopic (exact) mass is 546 g/mol. The first-order chi connectivity index (χ1) is 16.9. The van der Waals surface area contributed by atoms with E-state index in [2.05, 4.69) is 53.6 Å². The molecule has 0 unspecified atom stereocenters. The molecule has 1 aliphatic carbocycles. The van der Waals surface area contributed by atoms with Crippen LogP contribution in [0.2, 0.25) is 0 Å². The van der Waals surface area contributed by atoms with Crippen molar-refractivity contribution in [3.8, 4) is 0 Å². The summed E-state index contributed by atoms with van der Waals surface area (Å²) in [6, 6.07) is 3.59. The predicted molar refractivity (Wildman–Crippen MR) is 138 cm³/mol. The molecule has 1 aliphatic rings. The fourth-order valence-corrected chi connectivity index (χ4v) is 4.45. The van der Waals surface area contributed by atoms with E-state index < -0.39 is 12.0 Å². The number of hydrogen-bond acceptors (Lipinski definition) is 7. The highest BCUT2D eigenvalue weighted by molar-refractivity contribution is 9.10. The number of rotatable bonds is 14. The number of fused-ring (bicyclic) bond motifs is 1. The number of amides is 1. The van der Waals surface area contributed by atoms with Gasteiger partial charge < -0.3 is 20.6 Å². The topological polar surface area (TPSA) is 120 Å². The lowest BCUT2D eigenvalue weighted by atomic mass is 9.95. The molecular formula is C25H35BrN6O3. The normalized spacial score (nSPS) is 13.8. The maximum absolute atomic E-state index is 11.8. The third-order valence-corrected chi connectivity index (χ3v) is 6.56. The summed E-state index contributed by atoms with van der Waals surface area (Å²) >= 11 is 3.28. The zero-order chi connectivity index (χ0) is 25.0. The van der Waals surface area contributed by atoms with E-state index in [1.165, 1.54) is 31.0 Å². The van der Waals surface area contributed by atoms with E-state index in [1.54, 1.807) is 12.4 Å². The van der Waals surface area contributed by atoms with Crippen LogP contribution < -0.4 is 10.6 Å². The van der Waals surface area contributed by atoms with E-state index in [-0.39, 0.29) is 11.9 Å². The number of anilines is 1. The van der Waals surface area contributed by atoms with Crippen molar-refractivity contribution in [2.24, 2.45) is 0 Å². The van der Waals surface area contributed by atoms with Crippen LogP contribution in [0.3, 0.4) is 0 Å². The van der Waals surface area contributed by atoms with Gasteiger partial charge in [-0.3, -0.25) is 9.78 Å². The number of nitrogens with one attached hydrogen (secondary N) is 2. The number of pyridine rings is 1. The molecule has 0 aliphatic heterocycles. The summed E-state index contributed by atoms with van der Waals surface area (Å²) in [4.78, 5) is 38.4. The van der Waals surface area contributed by atoms with Crippen LogP contribution in [0.15, 0.2) is 29.0 Å². The first-order valence-corrected chi connectivity index (χ1v) is 13.1. The molecule has 0 saturated heterocycles. The van der Waals surface area contributed by atoms with Gasteiger partial charge in [-0.1, -0.05) is 6.07 Å². The number of nitrogens with zero attached hydrogens (tertiary/aromatic N) is 4. The average Bonchev–Trinajstić information content (AvgIpc) is 2.84. The minimum Gasteiger partial charge on any atom is -0.480 e. The summed E-state index contributed by atoms with van der Waals surface area (Å²) in [6.45, 7) is 4.10. The molecule has 190 valence electrons. The van der Waals surface area contributed by atoms with Gasteiger partial charge in [0.1, 0.15) is 6.04 Å². The maximum atomic E-state index is 11.8. The van der Waals surface area contributed by atoms with Crippen LogP contribution in [0.1, 0.15) is 56.0 Å². The molecule has 35 heavy (non-hydrogen) atoms. The SMILES string of the molecule is CC(=O)NCCN(CCCCc1ccc2c(n1)CCCC2)CC[C@H](Nc1ncc(Br)cn1)C(=O)O. The second-order valence-electron chi connectivity index (χ2n) is 8.95. The van der Waals surface area contributed by atoms with E-state index >= 15 is 0 Å². The van der Waals surface area contributed by atoms with Crippen molar-refractivity contribution in [3.63, 3.8) is 0 Å². The Morgan fingerprint density at radius 1 is 1.11 bits per heavy atom. The zero-order valence-electron chi connectivity index (χ0n) is 20.3. The molecule has 2 heterocycles. The molecule has 3 rings (SSSR count). The molecule has 0 radical (unpaired) electrons. The Morgan fingerprint density at radius 2 is 1.89 bits per heavy atom. The average molecular weight is 547 g/mol. The fourth-order valence-electron chi connectivity index (χ4n) is 4.25. The first kappa shape index (κ1) is 27.0. The number of carbonyl (C=O) groups excluding carboxylic acids is 1. The molecule has 3 N–H and O–H groups in total. The van der Waals surface area contributed by atoms with Gasteiger partial charge in [-0.15, -0.1) is 0 Å². The van der Waals surface area contributed by atoms with Crippen molar-refractivity contribution in [1.82, 2.24) is 25.2 Å². The van der Waals surface area contributed by atoms with Crippen molar-refractivity contribution < 1.29 is 14.7 Å². The third kappa shape index (κ3) is 9.52. The molecule has 2 aromatic heterocycles. The van der Waals surface area contributed by atoms with Crippen molar-refractivity contribution in [2.75, 3.05) is 31.5 Å². The highest BCUT2D eigenvalue weighted by Gasteiger charge is 2.20. The van der Waals surface area contributed by atoms with Crippen molar-refractivity contribution in [3.05, 3.63) is 46.0 Å². The van der Waals surface area contributed by atoms with Gasteiger partial charge in [0.2, 0.25) is 11.9 Å². The Bertz CT molecular complexity index is 972. The molecule has 0 aromatic carbocycles. The molecule has 1 amide bonds. The molecule has 0 fully saturated rings. The number of carboxylic acid groups (broad SMARTS) is 1. The Labute approximate surface area is 215 Å². The van der Waals surface area contributed by atoms with Gasteiger partial charge in [-0.25, -0.2) is 14.8 Å². The molecule has 0 bridgehead atoms. The number of aliphatic carboxylic acids is 1. The number of unbranched alkanes of at least 4 members (excludes halogenated alkanes) is 1. The third-order valence-electron chi connectivity index (χ3n) is 6.15. The smallest absolute Gasteiger partial charge is 0.326 e. The van der Waals surface area contributed by atoms with Crippen LogP contribution in [-0.4, -0.2) is 69.1 Å². The van der Waals surface area contributed by atoms with Crippen molar-refractivity contribution in [1.29, 1.82) is 0 Å². The van der Waals surface area contributed by atoms with E-state index in [9.17, 15) is 14.7 Å². The second-order valence-corrected chi connectivity index (χ2v) is 9.86. The van der Waals surface area contributed by atoms with Gasteiger partial charge in [-0.05, 0) is 85.5 Å². The van der Waals surface area contributed by atoms with Gasteiger partial charge >= 0.3 is 5.97 Å². The van der Waals surface area contributed by atoms with Crippen LogP contribution >= 0.6 is 15.9 Å². The first-order valence-electron chi connectivity index (χ1n) is 12.3. The zero-order valence-corrected chi connectivity index (χ0v) is 21.9. The summed E-state index contributed by atoms with van der Waals surface area (Å²) in [5.74, 6) is -0.736. The van der Waals surface area contributed by atoms with Crippen LogP contribution in [0.4, 0.5) is 5.95 Å². The number of halogens is 1. The van der Waals surface area contributed by atoms with E-state index in [1.807, 2.05) is 0 Å². The number of aromatic nitrogens is 3. The van der Waals surface area contributed by atoms with E-state index in [0.717, 1.165) is 48.8 Å².